The van der Waals surface area contributed by atoms with E-state index in [9.17, 15) is 9.59 Å². The Labute approximate surface area is 160 Å². The van der Waals surface area contributed by atoms with Crippen molar-refractivity contribution in [3.05, 3.63) is 65.7 Å². The van der Waals surface area contributed by atoms with E-state index < -0.39 is 0 Å². The van der Waals surface area contributed by atoms with Gasteiger partial charge in [-0.15, -0.1) is 0 Å². The summed E-state index contributed by atoms with van der Waals surface area (Å²) in [5.41, 5.74) is 3.07. The minimum atomic E-state index is -0.103. The lowest BCUT2D eigenvalue weighted by Gasteiger charge is -2.24. The Balaban J connectivity index is 1.44. The zero-order valence-electron chi connectivity index (χ0n) is 15.7. The quantitative estimate of drug-likeness (QED) is 0.824. The molecule has 2 aromatic carbocycles. The second-order valence-electron chi connectivity index (χ2n) is 7.41. The Morgan fingerprint density at radius 2 is 1.63 bits per heavy atom. The third-order valence-corrected chi connectivity index (χ3v) is 5.63. The standard InChI is InChI=1S/C22H25N3O2/c1-23-13-14-25(15-18-9-5-6-10-20(18)23)22(27)19-11-12-24(16-19)21(26)17-7-3-2-4-8-17/h2-10,19H,11-16H2,1H3. The molecule has 2 aliphatic rings. The molecule has 140 valence electrons. The van der Waals surface area contributed by atoms with Gasteiger partial charge >= 0.3 is 0 Å². The molecule has 0 radical (unpaired) electrons. The van der Waals surface area contributed by atoms with E-state index in [1.165, 1.54) is 11.3 Å². The number of likely N-dealkylation sites (N-methyl/N-ethyl adjacent to an activating group) is 1. The van der Waals surface area contributed by atoms with Gasteiger partial charge in [-0.3, -0.25) is 9.59 Å². The zero-order valence-corrected chi connectivity index (χ0v) is 15.7. The molecular weight excluding hydrogens is 338 g/mol. The van der Waals surface area contributed by atoms with Gasteiger partial charge in [0.1, 0.15) is 0 Å². The highest BCUT2D eigenvalue weighted by Crippen LogP contribution is 2.27. The Bertz CT molecular complexity index is 836. The fourth-order valence-electron chi connectivity index (χ4n) is 4.05. The van der Waals surface area contributed by atoms with E-state index in [2.05, 4.69) is 24.1 Å². The van der Waals surface area contributed by atoms with Crippen molar-refractivity contribution in [3.63, 3.8) is 0 Å². The highest BCUT2D eigenvalue weighted by Gasteiger charge is 2.34. The Kier molecular flexibility index (Phi) is 4.84. The highest BCUT2D eigenvalue weighted by molar-refractivity contribution is 5.95. The molecule has 4 rings (SSSR count). The molecule has 2 aromatic rings. The number of fused-ring (bicyclic) bond motifs is 1. The van der Waals surface area contributed by atoms with E-state index in [1.54, 1.807) is 0 Å². The number of carbonyl (C=O) groups excluding carboxylic acids is 2. The molecule has 0 saturated carbocycles. The van der Waals surface area contributed by atoms with Crippen molar-refractivity contribution >= 4 is 17.5 Å². The molecule has 27 heavy (non-hydrogen) atoms. The van der Waals surface area contributed by atoms with Crippen LogP contribution in [-0.2, 0) is 11.3 Å². The predicted octanol–water partition coefficient (Wildman–Crippen LogP) is 2.63. The lowest BCUT2D eigenvalue weighted by Crippen LogP contribution is -2.39. The maximum absolute atomic E-state index is 13.1. The van der Waals surface area contributed by atoms with Gasteiger partial charge in [0.2, 0.25) is 5.91 Å². The summed E-state index contributed by atoms with van der Waals surface area (Å²) in [4.78, 5) is 31.8. The van der Waals surface area contributed by atoms with Crippen LogP contribution in [0.15, 0.2) is 54.6 Å². The molecule has 0 aromatic heterocycles. The first-order chi connectivity index (χ1) is 13.1. The molecule has 2 heterocycles. The van der Waals surface area contributed by atoms with E-state index in [4.69, 9.17) is 0 Å². The number of hydrogen-bond acceptors (Lipinski definition) is 3. The van der Waals surface area contributed by atoms with Gasteiger partial charge in [-0.2, -0.15) is 0 Å². The predicted molar refractivity (Wildman–Crippen MR) is 106 cm³/mol. The number of amides is 2. The van der Waals surface area contributed by atoms with Crippen LogP contribution < -0.4 is 4.90 Å². The largest absolute Gasteiger partial charge is 0.373 e. The summed E-state index contributed by atoms with van der Waals surface area (Å²) >= 11 is 0. The number of nitrogens with zero attached hydrogens (tertiary/aromatic N) is 3. The maximum atomic E-state index is 13.1. The summed E-state index contributed by atoms with van der Waals surface area (Å²) in [5.74, 6) is 0.0866. The number of anilines is 1. The molecule has 5 heteroatoms. The molecule has 0 bridgehead atoms. The van der Waals surface area contributed by atoms with E-state index >= 15 is 0 Å². The van der Waals surface area contributed by atoms with E-state index in [0.29, 0.717) is 31.7 Å². The molecular formula is C22H25N3O2. The fourth-order valence-corrected chi connectivity index (χ4v) is 4.05. The van der Waals surface area contributed by atoms with Gasteiger partial charge in [-0.05, 0) is 30.2 Å². The summed E-state index contributed by atoms with van der Waals surface area (Å²) < 4.78 is 0. The van der Waals surface area contributed by atoms with Gasteiger partial charge in [-0.1, -0.05) is 36.4 Å². The first kappa shape index (κ1) is 17.6. The van der Waals surface area contributed by atoms with Crippen molar-refractivity contribution in [2.45, 2.75) is 13.0 Å². The van der Waals surface area contributed by atoms with Crippen molar-refractivity contribution < 1.29 is 9.59 Å². The molecule has 2 amide bonds. The minimum absolute atomic E-state index is 0.0202. The van der Waals surface area contributed by atoms with Gasteiger partial charge in [-0.25, -0.2) is 0 Å². The summed E-state index contributed by atoms with van der Waals surface area (Å²) in [7, 11) is 2.07. The van der Waals surface area contributed by atoms with Gasteiger partial charge in [0.15, 0.2) is 0 Å². The lowest BCUT2D eigenvalue weighted by molar-refractivity contribution is -0.135. The van der Waals surface area contributed by atoms with Gasteiger partial charge in [0.25, 0.3) is 5.91 Å². The number of likely N-dealkylation sites (tertiary alicyclic amines) is 1. The van der Waals surface area contributed by atoms with E-state index in [0.717, 1.165) is 13.0 Å². The number of hydrogen-bond donors (Lipinski definition) is 0. The van der Waals surface area contributed by atoms with Crippen LogP contribution in [0.1, 0.15) is 22.3 Å². The van der Waals surface area contributed by atoms with Crippen LogP contribution in [0.3, 0.4) is 0 Å². The third kappa shape index (κ3) is 3.54. The minimum Gasteiger partial charge on any atom is -0.373 e. The zero-order chi connectivity index (χ0) is 18.8. The maximum Gasteiger partial charge on any atom is 0.253 e. The van der Waals surface area contributed by atoms with Crippen molar-refractivity contribution in [1.82, 2.24) is 9.80 Å². The Morgan fingerprint density at radius 1 is 0.889 bits per heavy atom. The second-order valence-corrected chi connectivity index (χ2v) is 7.41. The van der Waals surface area contributed by atoms with Crippen molar-refractivity contribution in [3.8, 4) is 0 Å². The van der Waals surface area contributed by atoms with Crippen molar-refractivity contribution in [2.24, 2.45) is 5.92 Å². The normalized spacial score (nSPS) is 19.6. The summed E-state index contributed by atoms with van der Waals surface area (Å²) in [6.45, 7) is 3.34. The fraction of sp³-hybridized carbons (Fsp3) is 0.364. The number of benzene rings is 2. The van der Waals surface area contributed by atoms with Crippen LogP contribution >= 0.6 is 0 Å². The highest BCUT2D eigenvalue weighted by atomic mass is 16.2. The molecule has 1 atom stereocenters. The molecule has 0 aliphatic carbocycles. The first-order valence-corrected chi connectivity index (χ1v) is 9.55. The molecule has 2 aliphatic heterocycles. The molecule has 1 unspecified atom stereocenters. The average molecular weight is 363 g/mol. The topological polar surface area (TPSA) is 43.9 Å². The molecule has 5 nitrogen and oxygen atoms in total. The molecule has 0 N–H and O–H groups in total. The lowest BCUT2D eigenvalue weighted by atomic mass is 10.1. The average Bonchev–Trinajstić information content (AvgIpc) is 3.14. The Hall–Kier alpha value is -2.82. The Morgan fingerprint density at radius 3 is 2.44 bits per heavy atom. The number of rotatable bonds is 2. The summed E-state index contributed by atoms with van der Waals surface area (Å²) in [5, 5.41) is 0. The van der Waals surface area contributed by atoms with Crippen LogP contribution in [0.5, 0.6) is 0 Å². The van der Waals surface area contributed by atoms with E-state index in [-0.39, 0.29) is 17.7 Å². The molecule has 0 spiro atoms. The van der Waals surface area contributed by atoms with Crippen molar-refractivity contribution in [2.75, 3.05) is 38.1 Å². The second kappa shape index (κ2) is 7.43. The van der Waals surface area contributed by atoms with Crippen LogP contribution in [0.2, 0.25) is 0 Å². The van der Waals surface area contributed by atoms with Gasteiger partial charge in [0.05, 0.1) is 5.92 Å². The SMILES string of the molecule is CN1CCN(C(=O)C2CCN(C(=O)c3ccccc3)C2)Cc2ccccc21. The monoisotopic (exact) mass is 363 g/mol. The van der Waals surface area contributed by atoms with Gasteiger partial charge < -0.3 is 14.7 Å². The summed E-state index contributed by atoms with van der Waals surface area (Å²) in [6.07, 6.45) is 0.741. The van der Waals surface area contributed by atoms with Crippen LogP contribution in [0, 0.1) is 5.92 Å². The van der Waals surface area contributed by atoms with Crippen LogP contribution in [0.4, 0.5) is 5.69 Å². The first-order valence-electron chi connectivity index (χ1n) is 9.55. The van der Waals surface area contributed by atoms with Crippen LogP contribution in [-0.4, -0.2) is 54.8 Å². The van der Waals surface area contributed by atoms with Gasteiger partial charge in [0, 0.05) is 51.0 Å². The molecule has 1 saturated heterocycles. The third-order valence-electron chi connectivity index (χ3n) is 5.63. The smallest absolute Gasteiger partial charge is 0.253 e. The van der Waals surface area contributed by atoms with E-state index in [1.807, 2.05) is 52.3 Å². The summed E-state index contributed by atoms with van der Waals surface area (Å²) in [6, 6.07) is 17.6. The molecule has 1 fully saturated rings. The number of carbonyl (C=O) groups is 2. The van der Waals surface area contributed by atoms with Crippen LogP contribution in [0.25, 0.3) is 0 Å². The number of para-hydroxylation sites is 1. The van der Waals surface area contributed by atoms with Crippen molar-refractivity contribution in [1.29, 1.82) is 0 Å².